The maximum absolute atomic E-state index is 6.39. The zero-order valence-corrected chi connectivity index (χ0v) is 37.6. The highest BCUT2D eigenvalue weighted by atomic mass is 16.3. The summed E-state index contributed by atoms with van der Waals surface area (Å²) in [4.78, 5) is 0. The normalized spacial score (nSPS) is 13.0. The van der Waals surface area contributed by atoms with Gasteiger partial charge in [-0.05, 0) is 124 Å². The van der Waals surface area contributed by atoms with Crippen molar-refractivity contribution in [3.05, 3.63) is 212 Å². The average Bonchev–Trinajstić information content (AvgIpc) is 3.91. The van der Waals surface area contributed by atoms with Gasteiger partial charge in [-0.15, -0.1) is 0 Å². The molecule has 8 aromatic carbocycles. The maximum atomic E-state index is 6.39. The predicted octanol–water partition coefficient (Wildman–Crippen LogP) is 17.8. The van der Waals surface area contributed by atoms with Gasteiger partial charge in [-0.2, -0.15) is 0 Å². The number of allylic oxidation sites excluding steroid dienone is 6. The molecule has 1 aliphatic carbocycles. The molecule has 11 aromatic rings. The molecule has 12 rings (SSSR count). The highest BCUT2D eigenvalue weighted by Gasteiger charge is 2.18. The Balaban J connectivity index is 0.000000623. The summed E-state index contributed by atoms with van der Waals surface area (Å²) < 4.78 is 11.2. The minimum Gasteiger partial charge on any atom is -0.456 e. The molecular weight excluding hydrogens is 789 g/mol. The van der Waals surface area contributed by atoms with Crippen LogP contribution in [-0.2, 0) is 0 Å². The van der Waals surface area contributed by atoms with Crippen LogP contribution >= 0.6 is 0 Å². The Labute approximate surface area is 380 Å². The fourth-order valence-corrected chi connectivity index (χ4v) is 9.44. The molecule has 0 radical (unpaired) electrons. The molecule has 0 saturated carbocycles. The Morgan fingerprint density at radius 1 is 0.431 bits per heavy atom. The third-order valence-electron chi connectivity index (χ3n) is 13.8. The van der Waals surface area contributed by atoms with Crippen LogP contribution in [0.4, 0.5) is 0 Å². The second-order valence-electron chi connectivity index (χ2n) is 18.1. The number of fused-ring (bicyclic) bond motifs is 9. The lowest BCUT2D eigenvalue weighted by Gasteiger charge is -2.18. The summed E-state index contributed by atoms with van der Waals surface area (Å²) in [6.07, 6.45) is 14.5. The number of rotatable bonds is 7. The summed E-state index contributed by atoms with van der Waals surface area (Å²) in [5.41, 5.74) is 16.5. The second-order valence-corrected chi connectivity index (χ2v) is 18.1. The largest absolute Gasteiger partial charge is 0.456 e. The van der Waals surface area contributed by atoms with Crippen molar-refractivity contribution in [3.63, 3.8) is 0 Å². The van der Waals surface area contributed by atoms with E-state index in [-0.39, 0.29) is 0 Å². The third kappa shape index (κ3) is 7.28. The van der Waals surface area contributed by atoms with E-state index in [1.165, 1.54) is 89.8 Å². The number of hydrogen-bond donors (Lipinski definition) is 0. The van der Waals surface area contributed by atoms with Crippen molar-refractivity contribution in [2.75, 3.05) is 0 Å². The topological polar surface area (TPSA) is 23.0 Å². The molecule has 316 valence electrons. The Hall–Kier alpha value is -7.62. The molecule has 0 unspecified atom stereocenters. The van der Waals surface area contributed by atoms with Crippen LogP contribution in [0, 0.1) is 5.41 Å². The fraction of sp³-hybridized carbons (Fsp3) is 0.129. The molecule has 0 fully saturated rings. The molecule has 0 N–H and O–H groups in total. The molecule has 0 saturated heterocycles. The first-order valence-corrected chi connectivity index (χ1v) is 23.1. The molecule has 3 aromatic heterocycles. The SMILES string of the molecule is C1=CCC=CC(c2ccc3oc4ccc(-n5c6ccccc6c6cc(-c7cc(-c8ccccc8)cc(-n8c9ccccc9c9ccccc98)c7)ccc65)cc4c3c2)=C1.CCC(C)(C)CC. The molecule has 0 spiro atoms. The summed E-state index contributed by atoms with van der Waals surface area (Å²) in [6, 6.07) is 64.1. The minimum absolute atomic E-state index is 0.583. The summed E-state index contributed by atoms with van der Waals surface area (Å²) in [6.45, 7) is 9.08. The van der Waals surface area contributed by atoms with Crippen LogP contribution in [-0.4, -0.2) is 9.13 Å². The zero-order valence-electron chi connectivity index (χ0n) is 37.6. The van der Waals surface area contributed by atoms with Gasteiger partial charge >= 0.3 is 0 Å². The van der Waals surface area contributed by atoms with Gasteiger partial charge in [0.25, 0.3) is 0 Å². The predicted molar refractivity (Wildman–Crippen MR) is 279 cm³/mol. The van der Waals surface area contributed by atoms with Gasteiger partial charge in [-0.3, -0.25) is 0 Å². The third-order valence-corrected chi connectivity index (χ3v) is 13.8. The second kappa shape index (κ2) is 16.5. The van der Waals surface area contributed by atoms with Crippen LogP contribution in [0.25, 0.3) is 105 Å². The lowest BCUT2D eigenvalue weighted by molar-refractivity contribution is 0.338. The first-order chi connectivity index (χ1) is 31.9. The highest BCUT2D eigenvalue weighted by molar-refractivity contribution is 6.12. The first kappa shape index (κ1) is 40.2. The van der Waals surface area contributed by atoms with Crippen molar-refractivity contribution in [2.24, 2.45) is 5.41 Å². The number of benzene rings is 8. The van der Waals surface area contributed by atoms with Crippen molar-refractivity contribution in [3.8, 4) is 33.6 Å². The van der Waals surface area contributed by atoms with Gasteiger partial charge < -0.3 is 13.6 Å². The van der Waals surface area contributed by atoms with E-state index in [1.54, 1.807) is 0 Å². The zero-order chi connectivity index (χ0) is 44.1. The lowest BCUT2D eigenvalue weighted by atomic mass is 9.88. The summed E-state index contributed by atoms with van der Waals surface area (Å²) >= 11 is 0. The van der Waals surface area contributed by atoms with Crippen LogP contribution < -0.4 is 0 Å². The smallest absolute Gasteiger partial charge is 0.135 e. The van der Waals surface area contributed by atoms with E-state index in [0.29, 0.717) is 5.41 Å². The van der Waals surface area contributed by atoms with Gasteiger partial charge in [0.15, 0.2) is 0 Å². The van der Waals surface area contributed by atoms with Crippen molar-refractivity contribution < 1.29 is 4.42 Å². The van der Waals surface area contributed by atoms with Crippen LogP contribution in [0.1, 0.15) is 52.5 Å². The lowest BCUT2D eigenvalue weighted by Crippen LogP contribution is -2.05. The molecule has 0 aliphatic heterocycles. The van der Waals surface area contributed by atoms with E-state index in [1.807, 2.05) is 0 Å². The number of furan rings is 1. The van der Waals surface area contributed by atoms with Crippen molar-refractivity contribution in [1.82, 2.24) is 9.13 Å². The number of hydrogen-bond acceptors (Lipinski definition) is 1. The minimum atomic E-state index is 0.583. The fourth-order valence-electron chi connectivity index (χ4n) is 9.44. The molecule has 0 bridgehead atoms. The quantitative estimate of drug-likeness (QED) is 0.157. The number of para-hydroxylation sites is 3. The molecule has 1 aliphatic rings. The standard InChI is InChI=1S/C55H36N2O.C7H16/c1-2-5-15-36(14-4-1)38-25-28-54-48(34-38)49-35-42(26-29-55(49)58-54)56-52-23-13-10-20-46(52)47-33-39(24-27-53(47)56)41-30-40(37-16-6-3-7-17-37)31-43(32-41)57-50-21-11-8-18-44(50)45-19-9-12-22-51(45)57;1-5-7(3,4)6-2/h1,3-35H,2H2;5-6H2,1-4H3. The first-order valence-electron chi connectivity index (χ1n) is 23.1. The van der Waals surface area contributed by atoms with Crippen molar-refractivity contribution in [2.45, 2.75) is 47.0 Å². The Morgan fingerprint density at radius 2 is 0.969 bits per heavy atom. The summed E-state index contributed by atoms with van der Waals surface area (Å²) in [5, 5.41) is 7.19. The molecule has 65 heavy (non-hydrogen) atoms. The van der Waals surface area contributed by atoms with Crippen LogP contribution in [0.2, 0.25) is 0 Å². The Bertz CT molecular complexity index is 3620. The molecule has 0 amide bonds. The maximum Gasteiger partial charge on any atom is 0.135 e. The van der Waals surface area contributed by atoms with E-state index in [9.17, 15) is 0 Å². The molecule has 3 nitrogen and oxygen atoms in total. The average molecular weight is 841 g/mol. The molecular formula is C62H52N2O. The summed E-state index contributed by atoms with van der Waals surface area (Å²) in [5.74, 6) is 0. The van der Waals surface area contributed by atoms with Gasteiger partial charge in [0.05, 0.1) is 22.1 Å². The van der Waals surface area contributed by atoms with Gasteiger partial charge in [-0.25, -0.2) is 0 Å². The van der Waals surface area contributed by atoms with Crippen LogP contribution in [0.15, 0.2) is 211 Å². The highest BCUT2D eigenvalue weighted by Crippen LogP contribution is 2.40. The van der Waals surface area contributed by atoms with E-state index < -0.39 is 0 Å². The van der Waals surface area contributed by atoms with Gasteiger partial charge in [0.2, 0.25) is 0 Å². The molecule has 0 atom stereocenters. The van der Waals surface area contributed by atoms with E-state index >= 15 is 0 Å². The number of nitrogens with zero attached hydrogens (tertiary/aromatic N) is 2. The Kier molecular flexibility index (Phi) is 10.2. The van der Waals surface area contributed by atoms with Crippen LogP contribution in [0.3, 0.4) is 0 Å². The van der Waals surface area contributed by atoms with Crippen molar-refractivity contribution in [1.29, 1.82) is 0 Å². The molecule has 3 heteroatoms. The van der Waals surface area contributed by atoms with Gasteiger partial charge in [0.1, 0.15) is 11.2 Å². The summed E-state index contributed by atoms with van der Waals surface area (Å²) in [7, 11) is 0. The van der Waals surface area contributed by atoms with Crippen LogP contribution in [0.5, 0.6) is 0 Å². The Morgan fingerprint density at radius 3 is 1.63 bits per heavy atom. The van der Waals surface area contributed by atoms with Gasteiger partial charge in [-0.1, -0.05) is 168 Å². The number of aromatic nitrogens is 2. The van der Waals surface area contributed by atoms with E-state index in [0.717, 1.165) is 39.7 Å². The van der Waals surface area contributed by atoms with Gasteiger partial charge in [0, 0.05) is 43.7 Å². The van der Waals surface area contributed by atoms with E-state index in [2.05, 4.69) is 243 Å². The van der Waals surface area contributed by atoms with E-state index in [4.69, 9.17) is 4.42 Å². The van der Waals surface area contributed by atoms with Crippen molar-refractivity contribution >= 4 is 71.1 Å². The molecule has 3 heterocycles. The monoisotopic (exact) mass is 840 g/mol.